The zero-order valence-electron chi connectivity index (χ0n) is 10.3. The number of halogens is 1. The Labute approximate surface area is 105 Å². The van der Waals surface area contributed by atoms with E-state index in [0.717, 1.165) is 31.6 Å². The van der Waals surface area contributed by atoms with Gasteiger partial charge in [-0.25, -0.2) is 0 Å². The molecule has 3 heteroatoms. The third kappa shape index (κ3) is 5.74. The van der Waals surface area contributed by atoms with E-state index in [2.05, 4.69) is 6.92 Å². The van der Waals surface area contributed by atoms with Gasteiger partial charge in [-0.3, -0.25) is 4.79 Å². The van der Waals surface area contributed by atoms with Crippen LogP contribution in [0.2, 0.25) is 0 Å². The third-order valence-corrected chi connectivity index (χ3v) is 3.66. The predicted octanol–water partition coefficient (Wildman–Crippen LogP) is 4.27. The van der Waals surface area contributed by atoms with Crippen LogP contribution in [0.3, 0.4) is 0 Å². The van der Waals surface area contributed by atoms with Crippen molar-refractivity contribution in [2.45, 2.75) is 64.7 Å². The van der Waals surface area contributed by atoms with Crippen LogP contribution in [0, 0.1) is 11.8 Å². The topological polar surface area (TPSA) is 37.3 Å². The lowest BCUT2D eigenvalue weighted by molar-refractivity contribution is -0.143. The lowest BCUT2D eigenvalue weighted by atomic mass is 9.80. The lowest BCUT2D eigenvalue weighted by Crippen LogP contribution is -2.21. The van der Waals surface area contributed by atoms with Gasteiger partial charge in [0, 0.05) is 0 Å². The average Bonchev–Trinajstić information content (AvgIpc) is 2.25. The predicted molar refractivity (Wildman–Crippen MR) is 69.1 cm³/mol. The fourth-order valence-corrected chi connectivity index (χ4v) is 2.56. The molecule has 1 fully saturated rings. The molecule has 0 aromatic carbocycles. The summed E-state index contributed by atoms with van der Waals surface area (Å²) in [7, 11) is 0. The number of aliphatic carboxylic acids is 1. The van der Waals surface area contributed by atoms with Gasteiger partial charge in [0.2, 0.25) is 0 Å². The molecule has 1 saturated carbocycles. The number of carboxylic acids is 1. The molecule has 1 rings (SSSR count). The minimum atomic E-state index is -0.584. The van der Waals surface area contributed by atoms with Gasteiger partial charge < -0.3 is 5.11 Å². The summed E-state index contributed by atoms with van der Waals surface area (Å²) in [5.41, 5.74) is 0. The molecule has 0 unspecified atom stereocenters. The van der Waals surface area contributed by atoms with Gasteiger partial charge in [0.1, 0.15) is 0 Å². The Hall–Kier alpha value is -0.240. The van der Waals surface area contributed by atoms with Crippen LogP contribution in [-0.2, 0) is 4.79 Å². The van der Waals surface area contributed by atoms with Crippen molar-refractivity contribution in [3.63, 3.8) is 0 Å². The molecule has 0 heterocycles. The standard InChI is InChI=1S/C13H24O2.ClH/c1-2-3-4-5-6-11-7-9-12(10-8-11)13(14)15;/h11-12H,2-10H2,1H3,(H,14,15);1H. The van der Waals surface area contributed by atoms with Gasteiger partial charge in [0.25, 0.3) is 0 Å². The maximum absolute atomic E-state index is 10.8. The van der Waals surface area contributed by atoms with E-state index in [4.69, 9.17) is 5.11 Å². The van der Waals surface area contributed by atoms with Crippen molar-refractivity contribution in [3.8, 4) is 0 Å². The highest BCUT2D eigenvalue weighted by atomic mass is 35.5. The Morgan fingerprint density at radius 3 is 2.25 bits per heavy atom. The summed E-state index contributed by atoms with van der Waals surface area (Å²) in [4.78, 5) is 10.8. The molecule has 2 nitrogen and oxygen atoms in total. The van der Waals surface area contributed by atoms with Crippen LogP contribution in [0.4, 0.5) is 0 Å². The van der Waals surface area contributed by atoms with Crippen LogP contribution in [0.5, 0.6) is 0 Å². The molecular weight excluding hydrogens is 224 g/mol. The van der Waals surface area contributed by atoms with E-state index in [1.54, 1.807) is 0 Å². The summed E-state index contributed by atoms with van der Waals surface area (Å²) in [6.45, 7) is 2.23. The molecule has 0 radical (unpaired) electrons. The molecule has 1 aliphatic carbocycles. The SMILES string of the molecule is CCCCCCC1CCC(C(=O)O)CC1.Cl. The second-order valence-corrected chi connectivity index (χ2v) is 4.91. The molecule has 16 heavy (non-hydrogen) atoms. The Bertz CT molecular complexity index is 186. The van der Waals surface area contributed by atoms with E-state index >= 15 is 0 Å². The van der Waals surface area contributed by atoms with Crippen molar-refractivity contribution in [2.75, 3.05) is 0 Å². The number of rotatable bonds is 6. The zero-order valence-corrected chi connectivity index (χ0v) is 11.1. The molecule has 0 aliphatic heterocycles. The largest absolute Gasteiger partial charge is 0.481 e. The van der Waals surface area contributed by atoms with Gasteiger partial charge in [-0.1, -0.05) is 39.0 Å². The van der Waals surface area contributed by atoms with E-state index in [0.29, 0.717) is 0 Å². The molecule has 0 atom stereocenters. The van der Waals surface area contributed by atoms with Gasteiger partial charge in [-0.15, -0.1) is 12.4 Å². The molecular formula is C13H25ClO2. The normalized spacial score (nSPS) is 24.8. The monoisotopic (exact) mass is 248 g/mol. The summed E-state index contributed by atoms with van der Waals surface area (Å²) >= 11 is 0. The summed E-state index contributed by atoms with van der Waals surface area (Å²) < 4.78 is 0. The van der Waals surface area contributed by atoms with E-state index in [-0.39, 0.29) is 18.3 Å². The van der Waals surface area contributed by atoms with Gasteiger partial charge in [0.05, 0.1) is 5.92 Å². The van der Waals surface area contributed by atoms with Crippen molar-refractivity contribution in [3.05, 3.63) is 0 Å². The van der Waals surface area contributed by atoms with Crippen molar-refractivity contribution >= 4 is 18.4 Å². The number of unbranched alkanes of at least 4 members (excludes halogenated alkanes) is 3. The van der Waals surface area contributed by atoms with Crippen LogP contribution >= 0.6 is 12.4 Å². The highest BCUT2D eigenvalue weighted by Crippen LogP contribution is 2.32. The molecule has 0 aromatic heterocycles. The van der Waals surface area contributed by atoms with E-state index in [9.17, 15) is 4.79 Å². The Morgan fingerprint density at radius 1 is 1.12 bits per heavy atom. The van der Waals surface area contributed by atoms with E-state index < -0.39 is 5.97 Å². The number of carbonyl (C=O) groups is 1. The van der Waals surface area contributed by atoms with Crippen molar-refractivity contribution in [1.82, 2.24) is 0 Å². The zero-order chi connectivity index (χ0) is 11.1. The van der Waals surface area contributed by atoms with Crippen LogP contribution < -0.4 is 0 Å². The molecule has 0 spiro atoms. The molecule has 96 valence electrons. The fourth-order valence-electron chi connectivity index (χ4n) is 2.56. The highest BCUT2D eigenvalue weighted by Gasteiger charge is 2.25. The maximum Gasteiger partial charge on any atom is 0.306 e. The minimum Gasteiger partial charge on any atom is -0.481 e. The molecule has 0 aromatic rings. The highest BCUT2D eigenvalue weighted by molar-refractivity contribution is 5.85. The second-order valence-electron chi connectivity index (χ2n) is 4.91. The quantitative estimate of drug-likeness (QED) is 0.713. The van der Waals surface area contributed by atoms with Crippen molar-refractivity contribution < 1.29 is 9.90 Å². The fraction of sp³-hybridized carbons (Fsp3) is 0.923. The molecule has 1 aliphatic rings. The van der Waals surface area contributed by atoms with Gasteiger partial charge in [-0.2, -0.15) is 0 Å². The molecule has 1 N–H and O–H groups in total. The van der Waals surface area contributed by atoms with Gasteiger partial charge in [-0.05, 0) is 31.6 Å². The lowest BCUT2D eigenvalue weighted by Gasteiger charge is -2.25. The second kappa shape index (κ2) is 8.86. The Kier molecular flexibility index (Phi) is 8.73. The average molecular weight is 249 g/mol. The molecule has 0 amide bonds. The van der Waals surface area contributed by atoms with Crippen LogP contribution in [-0.4, -0.2) is 11.1 Å². The molecule has 0 bridgehead atoms. The van der Waals surface area contributed by atoms with Crippen LogP contribution in [0.15, 0.2) is 0 Å². The first-order valence-corrected chi connectivity index (χ1v) is 6.46. The first-order valence-electron chi connectivity index (χ1n) is 6.46. The van der Waals surface area contributed by atoms with Crippen LogP contribution in [0.1, 0.15) is 64.7 Å². The smallest absolute Gasteiger partial charge is 0.306 e. The number of hydrogen-bond acceptors (Lipinski definition) is 1. The number of carboxylic acid groups (broad SMARTS) is 1. The van der Waals surface area contributed by atoms with Gasteiger partial charge in [0.15, 0.2) is 0 Å². The van der Waals surface area contributed by atoms with Crippen LogP contribution in [0.25, 0.3) is 0 Å². The first kappa shape index (κ1) is 15.8. The summed E-state index contributed by atoms with van der Waals surface area (Å²) in [5.74, 6) is 0.189. The summed E-state index contributed by atoms with van der Waals surface area (Å²) in [6.07, 6.45) is 10.8. The summed E-state index contributed by atoms with van der Waals surface area (Å²) in [6, 6.07) is 0. The molecule has 0 saturated heterocycles. The van der Waals surface area contributed by atoms with Crippen molar-refractivity contribution in [2.24, 2.45) is 11.8 Å². The summed E-state index contributed by atoms with van der Waals surface area (Å²) in [5, 5.41) is 8.87. The minimum absolute atomic E-state index is 0. The van der Waals surface area contributed by atoms with E-state index in [1.807, 2.05) is 0 Å². The third-order valence-electron chi connectivity index (χ3n) is 3.66. The number of hydrogen-bond donors (Lipinski definition) is 1. The Morgan fingerprint density at radius 2 is 1.75 bits per heavy atom. The van der Waals surface area contributed by atoms with E-state index in [1.165, 1.54) is 32.1 Å². The maximum atomic E-state index is 10.8. The van der Waals surface area contributed by atoms with Gasteiger partial charge >= 0.3 is 5.97 Å². The van der Waals surface area contributed by atoms with Crippen molar-refractivity contribution in [1.29, 1.82) is 0 Å². The Balaban J connectivity index is 0.00000225. The first-order chi connectivity index (χ1) is 7.24.